The summed E-state index contributed by atoms with van der Waals surface area (Å²) in [6.45, 7) is 2.87. The van der Waals surface area contributed by atoms with Crippen LogP contribution in [0.15, 0.2) is 36.5 Å². The molecule has 0 unspecified atom stereocenters. The number of ether oxygens (including phenoxy) is 1. The zero-order valence-electron chi connectivity index (χ0n) is 10.2. The third-order valence-corrected chi connectivity index (χ3v) is 2.96. The van der Waals surface area contributed by atoms with Crippen molar-refractivity contribution < 1.29 is 4.74 Å². The molecular formula is C14H15ClN2O. The first-order valence-corrected chi connectivity index (χ1v) is 6.09. The Morgan fingerprint density at radius 2 is 2.11 bits per heavy atom. The van der Waals surface area contributed by atoms with Crippen LogP contribution in [0.4, 0.5) is 0 Å². The van der Waals surface area contributed by atoms with Gasteiger partial charge < -0.3 is 10.5 Å². The van der Waals surface area contributed by atoms with Crippen molar-refractivity contribution in [3.8, 4) is 5.75 Å². The molecule has 0 spiro atoms. The van der Waals surface area contributed by atoms with Gasteiger partial charge in [-0.25, -0.2) is 0 Å². The molecule has 18 heavy (non-hydrogen) atoms. The molecule has 0 bridgehead atoms. The Morgan fingerprint density at radius 3 is 2.72 bits per heavy atom. The zero-order valence-corrected chi connectivity index (χ0v) is 10.9. The molecule has 2 aromatic rings. The van der Waals surface area contributed by atoms with Crippen molar-refractivity contribution in [1.82, 2.24) is 4.98 Å². The van der Waals surface area contributed by atoms with Gasteiger partial charge in [0.05, 0.1) is 11.9 Å². The van der Waals surface area contributed by atoms with Gasteiger partial charge in [0, 0.05) is 17.1 Å². The van der Waals surface area contributed by atoms with E-state index in [9.17, 15) is 0 Å². The number of nitrogens with two attached hydrogens (primary N) is 1. The summed E-state index contributed by atoms with van der Waals surface area (Å²) in [7, 11) is 0. The van der Waals surface area contributed by atoms with Gasteiger partial charge in [0.25, 0.3) is 0 Å². The van der Waals surface area contributed by atoms with E-state index in [1.54, 1.807) is 6.20 Å². The normalized spacial score (nSPS) is 10.4. The van der Waals surface area contributed by atoms with Gasteiger partial charge in [0.2, 0.25) is 0 Å². The monoisotopic (exact) mass is 262 g/mol. The number of hydrogen-bond donors (Lipinski definition) is 1. The van der Waals surface area contributed by atoms with E-state index < -0.39 is 0 Å². The van der Waals surface area contributed by atoms with Crippen molar-refractivity contribution in [2.24, 2.45) is 5.73 Å². The Hall–Kier alpha value is -1.58. The second-order valence-corrected chi connectivity index (χ2v) is 4.48. The van der Waals surface area contributed by atoms with Crippen LogP contribution in [0, 0.1) is 6.92 Å². The second kappa shape index (κ2) is 5.85. The van der Waals surface area contributed by atoms with Crippen molar-refractivity contribution in [1.29, 1.82) is 0 Å². The highest BCUT2D eigenvalue weighted by Crippen LogP contribution is 2.19. The lowest BCUT2D eigenvalue weighted by molar-refractivity contribution is 0.305. The summed E-state index contributed by atoms with van der Waals surface area (Å²) in [5.74, 6) is 0.712. The Kier molecular flexibility index (Phi) is 4.18. The van der Waals surface area contributed by atoms with Crippen molar-refractivity contribution in [2.45, 2.75) is 20.1 Å². The average molecular weight is 263 g/mol. The Balaban J connectivity index is 2.02. The first kappa shape index (κ1) is 12.9. The maximum absolute atomic E-state index is 6.13. The molecular weight excluding hydrogens is 248 g/mol. The van der Waals surface area contributed by atoms with Gasteiger partial charge in [-0.3, -0.25) is 4.98 Å². The maximum Gasteiger partial charge on any atom is 0.138 e. The number of benzene rings is 1. The Bertz CT molecular complexity index is 526. The van der Waals surface area contributed by atoms with Crippen molar-refractivity contribution in [2.75, 3.05) is 0 Å². The van der Waals surface area contributed by atoms with Crippen LogP contribution in [-0.4, -0.2) is 4.98 Å². The van der Waals surface area contributed by atoms with Crippen LogP contribution < -0.4 is 10.5 Å². The average Bonchev–Trinajstić information content (AvgIpc) is 2.38. The quantitative estimate of drug-likeness (QED) is 0.921. The molecule has 3 nitrogen and oxygen atoms in total. The smallest absolute Gasteiger partial charge is 0.138 e. The summed E-state index contributed by atoms with van der Waals surface area (Å²) in [5, 5.41) is 0.724. The summed E-state index contributed by atoms with van der Waals surface area (Å²) in [6.07, 6.45) is 1.67. The van der Waals surface area contributed by atoms with Gasteiger partial charge in [-0.1, -0.05) is 23.7 Å². The fourth-order valence-corrected chi connectivity index (χ4v) is 1.84. The van der Waals surface area contributed by atoms with Crippen LogP contribution in [0.5, 0.6) is 5.75 Å². The van der Waals surface area contributed by atoms with Gasteiger partial charge in [0.15, 0.2) is 0 Å². The Labute approximate surface area is 112 Å². The zero-order chi connectivity index (χ0) is 13.0. The number of pyridine rings is 1. The molecule has 0 atom stereocenters. The molecule has 1 aromatic carbocycles. The number of nitrogens with zero attached hydrogens (tertiary/aromatic N) is 1. The fraction of sp³-hybridized carbons (Fsp3) is 0.214. The number of rotatable bonds is 4. The number of hydrogen-bond acceptors (Lipinski definition) is 3. The molecule has 0 fully saturated rings. The lowest BCUT2D eigenvalue weighted by Gasteiger charge is -2.08. The van der Waals surface area contributed by atoms with Gasteiger partial charge in [-0.2, -0.15) is 0 Å². The van der Waals surface area contributed by atoms with E-state index in [-0.39, 0.29) is 0 Å². The SMILES string of the molecule is Cc1ccc(COc2ccc(CN)nc2)c(Cl)c1. The number of halogens is 1. The van der Waals surface area contributed by atoms with Gasteiger partial charge in [-0.05, 0) is 30.7 Å². The Morgan fingerprint density at radius 1 is 1.28 bits per heavy atom. The van der Waals surface area contributed by atoms with Gasteiger partial charge in [-0.15, -0.1) is 0 Å². The second-order valence-electron chi connectivity index (χ2n) is 4.07. The highest BCUT2D eigenvalue weighted by atomic mass is 35.5. The largest absolute Gasteiger partial charge is 0.487 e. The van der Waals surface area contributed by atoms with E-state index in [1.165, 1.54) is 0 Å². The van der Waals surface area contributed by atoms with Crippen molar-refractivity contribution in [3.05, 3.63) is 58.4 Å². The summed E-state index contributed by atoms with van der Waals surface area (Å²) >= 11 is 6.13. The van der Waals surface area contributed by atoms with Gasteiger partial charge in [0.1, 0.15) is 12.4 Å². The first-order chi connectivity index (χ1) is 8.69. The highest BCUT2D eigenvalue weighted by Gasteiger charge is 2.02. The predicted octanol–water partition coefficient (Wildman–Crippen LogP) is 3.08. The molecule has 0 saturated carbocycles. The highest BCUT2D eigenvalue weighted by molar-refractivity contribution is 6.31. The molecule has 0 amide bonds. The molecule has 0 saturated heterocycles. The van der Waals surface area contributed by atoms with E-state index >= 15 is 0 Å². The third kappa shape index (κ3) is 3.22. The summed E-state index contributed by atoms with van der Waals surface area (Å²) in [5.41, 5.74) is 8.42. The van der Waals surface area contributed by atoms with E-state index in [2.05, 4.69) is 4.98 Å². The summed E-state index contributed by atoms with van der Waals surface area (Å²) in [6, 6.07) is 9.62. The van der Waals surface area contributed by atoms with E-state index in [0.29, 0.717) is 18.9 Å². The topological polar surface area (TPSA) is 48.1 Å². The van der Waals surface area contributed by atoms with Crippen molar-refractivity contribution in [3.63, 3.8) is 0 Å². The minimum Gasteiger partial charge on any atom is -0.487 e. The van der Waals surface area contributed by atoms with Crippen LogP contribution in [-0.2, 0) is 13.2 Å². The first-order valence-electron chi connectivity index (χ1n) is 5.72. The standard InChI is InChI=1S/C14H15ClN2O/c1-10-2-3-11(14(15)6-10)9-18-13-5-4-12(7-16)17-8-13/h2-6,8H,7,9,16H2,1H3. The van der Waals surface area contributed by atoms with E-state index in [1.807, 2.05) is 37.3 Å². The van der Waals surface area contributed by atoms with Crippen LogP contribution in [0.3, 0.4) is 0 Å². The lowest BCUT2D eigenvalue weighted by Crippen LogP contribution is -2.00. The molecule has 0 aliphatic rings. The van der Waals surface area contributed by atoms with E-state index in [4.69, 9.17) is 22.1 Å². The van der Waals surface area contributed by atoms with Crippen LogP contribution in [0.25, 0.3) is 0 Å². The number of aryl methyl sites for hydroxylation is 1. The molecule has 2 N–H and O–H groups in total. The molecule has 1 aromatic heterocycles. The molecule has 1 heterocycles. The third-order valence-electron chi connectivity index (χ3n) is 2.61. The summed E-state index contributed by atoms with van der Waals surface area (Å²) in [4.78, 5) is 4.16. The number of aromatic nitrogens is 1. The summed E-state index contributed by atoms with van der Waals surface area (Å²) < 4.78 is 5.62. The molecule has 0 aliphatic heterocycles. The van der Waals surface area contributed by atoms with E-state index in [0.717, 1.165) is 21.8 Å². The van der Waals surface area contributed by atoms with Crippen LogP contribution in [0.1, 0.15) is 16.8 Å². The van der Waals surface area contributed by atoms with Crippen molar-refractivity contribution >= 4 is 11.6 Å². The van der Waals surface area contributed by atoms with Crippen LogP contribution in [0.2, 0.25) is 5.02 Å². The lowest BCUT2D eigenvalue weighted by atomic mass is 10.2. The molecule has 0 aliphatic carbocycles. The fourth-order valence-electron chi connectivity index (χ4n) is 1.55. The predicted molar refractivity (Wildman–Crippen MR) is 72.6 cm³/mol. The molecule has 0 radical (unpaired) electrons. The minimum absolute atomic E-state index is 0.433. The molecule has 2 rings (SSSR count). The molecule has 4 heteroatoms. The molecule has 94 valence electrons. The van der Waals surface area contributed by atoms with Crippen LogP contribution >= 0.6 is 11.6 Å². The minimum atomic E-state index is 0.433. The van der Waals surface area contributed by atoms with Gasteiger partial charge >= 0.3 is 0 Å². The maximum atomic E-state index is 6.13.